The van der Waals surface area contributed by atoms with Gasteiger partial charge in [0.2, 0.25) is 12.8 Å². The molecule has 0 unspecified atom stereocenters. The maximum Gasteiger partial charge on any atom is 0.209 e. The lowest BCUT2D eigenvalue weighted by atomic mass is 10.4. The first-order valence-electron chi connectivity index (χ1n) is 4.39. The molecule has 6 heteroatoms. The third-order valence-corrected chi connectivity index (χ3v) is 1.75. The van der Waals surface area contributed by atoms with Crippen molar-refractivity contribution in [3.63, 3.8) is 0 Å². The summed E-state index contributed by atoms with van der Waals surface area (Å²) >= 11 is 0. The fourth-order valence-corrected chi connectivity index (χ4v) is 0.948. The van der Waals surface area contributed by atoms with Gasteiger partial charge in [0, 0.05) is 26.2 Å². The first-order chi connectivity index (χ1) is 6.78. The minimum absolute atomic E-state index is 0.0974. The lowest BCUT2D eigenvalue weighted by Gasteiger charge is -2.21. The van der Waals surface area contributed by atoms with Gasteiger partial charge in [-0.1, -0.05) is 0 Å². The minimum atomic E-state index is -0.0974. The Hall–Kier alpha value is -1.14. The summed E-state index contributed by atoms with van der Waals surface area (Å²) < 4.78 is 0. The number of nitrogens with zero attached hydrogens (tertiary/aromatic N) is 2. The second-order valence-corrected chi connectivity index (χ2v) is 2.73. The number of hydrogen-bond acceptors (Lipinski definition) is 4. The Bertz CT molecular complexity index is 147. The summed E-state index contributed by atoms with van der Waals surface area (Å²) in [5.41, 5.74) is 0. The van der Waals surface area contributed by atoms with Crippen LogP contribution in [0.3, 0.4) is 0 Å². The van der Waals surface area contributed by atoms with E-state index in [4.69, 9.17) is 10.2 Å². The molecular formula is C8H16N2O4. The van der Waals surface area contributed by atoms with Gasteiger partial charge in [-0.3, -0.25) is 9.59 Å². The van der Waals surface area contributed by atoms with E-state index in [1.54, 1.807) is 0 Å². The van der Waals surface area contributed by atoms with Crippen LogP contribution >= 0.6 is 0 Å². The topological polar surface area (TPSA) is 81.1 Å². The van der Waals surface area contributed by atoms with E-state index in [1.165, 1.54) is 9.80 Å². The van der Waals surface area contributed by atoms with Crippen LogP contribution in [0.4, 0.5) is 0 Å². The normalized spacial score (nSPS) is 9.57. The summed E-state index contributed by atoms with van der Waals surface area (Å²) in [6, 6.07) is 0. The van der Waals surface area contributed by atoms with Crippen LogP contribution in [0.25, 0.3) is 0 Å². The molecule has 0 heterocycles. The molecule has 0 aliphatic carbocycles. The van der Waals surface area contributed by atoms with E-state index in [9.17, 15) is 9.59 Å². The average molecular weight is 204 g/mol. The first kappa shape index (κ1) is 12.9. The molecule has 0 aliphatic rings. The number of hydrogen-bond donors (Lipinski definition) is 2. The molecule has 0 saturated carbocycles. The van der Waals surface area contributed by atoms with Crippen molar-refractivity contribution in [2.75, 3.05) is 39.4 Å². The Morgan fingerprint density at radius 1 is 0.786 bits per heavy atom. The SMILES string of the molecule is O=CN(CCO)CCN(C=O)CCO. The van der Waals surface area contributed by atoms with Crippen LogP contribution in [0.15, 0.2) is 0 Å². The van der Waals surface area contributed by atoms with Gasteiger partial charge in [-0.2, -0.15) is 0 Å². The van der Waals surface area contributed by atoms with Gasteiger partial charge >= 0.3 is 0 Å². The highest BCUT2D eigenvalue weighted by Gasteiger charge is 2.04. The summed E-state index contributed by atoms with van der Waals surface area (Å²) in [4.78, 5) is 23.6. The number of aliphatic hydroxyl groups is 2. The highest BCUT2D eigenvalue weighted by Crippen LogP contribution is 1.86. The number of rotatable bonds is 9. The maximum atomic E-state index is 10.4. The van der Waals surface area contributed by atoms with E-state index < -0.39 is 0 Å². The standard InChI is InChI=1S/C8H16N2O4/c11-5-3-9(7-13)1-2-10(8-14)4-6-12/h7-8,11-12H,1-6H2. The van der Waals surface area contributed by atoms with Crippen LogP contribution in [0.5, 0.6) is 0 Å². The van der Waals surface area contributed by atoms with Gasteiger partial charge in [0.25, 0.3) is 0 Å². The largest absolute Gasteiger partial charge is 0.395 e. The molecule has 0 aromatic heterocycles. The quantitative estimate of drug-likeness (QED) is 0.421. The highest BCUT2D eigenvalue weighted by molar-refractivity contribution is 5.48. The Labute approximate surface area is 82.7 Å². The first-order valence-corrected chi connectivity index (χ1v) is 4.39. The lowest BCUT2D eigenvalue weighted by molar-refractivity contribution is -0.122. The summed E-state index contributed by atoms with van der Waals surface area (Å²) in [7, 11) is 0. The van der Waals surface area contributed by atoms with Crippen molar-refractivity contribution in [2.45, 2.75) is 0 Å². The average Bonchev–Trinajstić information content (AvgIpc) is 2.22. The molecule has 0 aromatic rings. The van der Waals surface area contributed by atoms with Crippen molar-refractivity contribution in [3.8, 4) is 0 Å². The van der Waals surface area contributed by atoms with E-state index in [0.717, 1.165) is 0 Å². The third-order valence-electron chi connectivity index (χ3n) is 1.75. The zero-order valence-corrected chi connectivity index (χ0v) is 8.00. The zero-order valence-electron chi connectivity index (χ0n) is 8.00. The molecule has 6 nitrogen and oxygen atoms in total. The molecule has 2 N–H and O–H groups in total. The van der Waals surface area contributed by atoms with Crippen molar-refractivity contribution in [1.29, 1.82) is 0 Å². The molecule has 82 valence electrons. The summed E-state index contributed by atoms with van der Waals surface area (Å²) in [6.07, 6.45) is 1.25. The van der Waals surface area contributed by atoms with Gasteiger partial charge in [-0.05, 0) is 0 Å². The maximum absolute atomic E-state index is 10.4. The van der Waals surface area contributed by atoms with Crippen molar-refractivity contribution < 1.29 is 19.8 Å². The van der Waals surface area contributed by atoms with Crippen molar-refractivity contribution >= 4 is 12.8 Å². The Balaban J connectivity index is 3.74. The van der Waals surface area contributed by atoms with E-state index >= 15 is 0 Å². The van der Waals surface area contributed by atoms with Crippen molar-refractivity contribution in [1.82, 2.24) is 9.80 Å². The van der Waals surface area contributed by atoms with Gasteiger partial charge in [-0.25, -0.2) is 0 Å². The highest BCUT2D eigenvalue weighted by atomic mass is 16.3. The molecule has 0 saturated heterocycles. The zero-order chi connectivity index (χ0) is 10.8. The molecule has 0 aliphatic heterocycles. The number of aliphatic hydroxyl groups excluding tert-OH is 2. The van der Waals surface area contributed by atoms with Gasteiger partial charge in [-0.15, -0.1) is 0 Å². The monoisotopic (exact) mass is 204 g/mol. The van der Waals surface area contributed by atoms with Crippen LogP contribution in [0.2, 0.25) is 0 Å². The third kappa shape index (κ3) is 5.50. The number of carbonyl (C=O) groups is 2. The Kier molecular flexibility index (Phi) is 7.77. The molecule has 0 atom stereocenters. The smallest absolute Gasteiger partial charge is 0.209 e. The van der Waals surface area contributed by atoms with Crippen LogP contribution in [0.1, 0.15) is 0 Å². The van der Waals surface area contributed by atoms with Crippen LogP contribution in [-0.2, 0) is 9.59 Å². The summed E-state index contributed by atoms with van der Waals surface area (Å²) in [6.45, 7) is 1.05. The van der Waals surface area contributed by atoms with Gasteiger partial charge < -0.3 is 20.0 Å². The number of amides is 2. The molecule has 0 spiro atoms. The minimum Gasteiger partial charge on any atom is -0.395 e. The van der Waals surface area contributed by atoms with Gasteiger partial charge in [0.15, 0.2) is 0 Å². The molecular weight excluding hydrogens is 188 g/mol. The predicted octanol–water partition coefficient (Wildman–Crippen LogP) is -2.11. The van der Waals surface area contributed by atoms with Gasteiger partial charge in [0.1, 0.15) is 0 Å². The predicted molar refractivity (Wildman–Crippen MR) is 49.4 cm³/mol. The molecule has 2 amide bonds. The fraction of sp³-hybridized carbons (Fsp3) is 0.750. The van der Waals surface area contributed by atoms with E-state index in [-0.39, 0.29) is 26.3 Å². The number of carbonyl (C=O) groups excluding carboxylic acids is 2. The van der Waals surface area contributed by atoms with Gasteiger partial charge in [0.05, 0.1) is 13.2 Å². The van der Waals surface area contributed by atoms with Crippen molar-refractivity contribution in [3.05, 3.63) is 0 Å². The van der Waals surface area contributed by atoms with Crippen LogP contribution in [-0.4, -0.2) is 72.2 Å². The fourth-order valence-electron chi connectivity index (χ4n) is 0.948. The second kappa shape index (κ2) is 8.46. The second-order valence-electron chi connectivity index (χ2n) is 2.73. The molecule has 0 aromatic carbocycles. The van der Waals surface area contributed by atoms with Crippen LogP contribution in [0, 0.1) is 0 Å². The summed E-state index contributed by atoms with van der Waals surface area (Å²) in [5, 5.41) is 17.1. The van der Waals surface area contributed by atoms with E-state index in [2.05, 4.69) is 0 Å². The molecule has 0 radical (unpaired) electrons. The van der Waals surface area contributed by atoms with E-state index in [1.807, 2.05) is 0 Å². The molecule has 0 rings (SSSR count). The molecule has 0 fully saturated rings. The molecule has 0 bridgehead atoms. The molecule has 14 heavy (non-hydrogen) atoms. The van der Waals surface area contributed by atoms with Crippen LogP contribution < -0.4 is 0 Å². The summed E-state index contributed by atoms with van der Waals surface area (Å²) in [5.74, 6) is 0. The lowest BCUT2D eigenvalue weighted by Crippen LogP contribution is -2.36. The Morgan fingerprint density at radius 3 is 1.36 bits per heavy atom. The van der Waals surface area contributed by atoms with Crippen molar-refractivity contribution in [2.24, 2.45) is 0 Å². The van der Waals surface area contributed by atoms with E-state index in [0.29, 0.717) is 25.9 Å². The Morgan fingerprint density at radius 2 is 1.14 bits per heavy atom.